The van der Waals surface area contributed by atoms with Gasteiger partial charge in [-0.05, 0) is 25.8 Å². The van der Waals surface area contributed by atoms with Crippen molar-refractivity contribution in [2.24, 2.45) is 0 Å². The molecule has 6 heteroatoms. The molecule has 2 heterocycles. The van der Waals surface area contributed by atoms with Crippen LogP contribution in [0.3, 0.4) is 0 Å². The van der Waals surface area contributed by atoms with E-state index in [2.05, 4.69) is 20.7 Å². The third-order valence-electron chi connectivity index (χ3n) is 3.21. The topological polar surface area (TPSA) is 80.3 Å². The Morgan fingerprint density at radius 2 is 2.32 bits per heavy atom. The fraction of sp³-hybridized carbons (Fsp3) is 0.385. The summed E-state index contributed by atoms with van der Waals surface area (Å²) in [6.45, 7) is 2.00. The highest BCUT2D eigenvalue weighted by molar-refractivity contribution is 5.70. The van der Waals surface area contributed by atoms with E-state index in [1.807, 2.05) is 30.6 Å². The monoisotopic (exact) mass is 258 g/mol. The molecule has 0 spiro atoms. The van der Waals surface area contributed by atoms with Gasteiger partial charge in [0.05, 0.1) is 6.20 Å². The fourth-order valence-corrected chi connectivity index (χ4v) is 1.95. The fourth-order valence-electron chi connectivity index (χ4n) is 1.95. The molecule has 19 heavy (non-hydrogen) atoms. The largest absolute Gasteiger partial charge is 0.392 e. The normalized spacial score (nSPS) is 15.8. The van der Waals surface area contributed by atoms with Crippen molar-refractivity contribution < 1.29 is 0 Å². The Morgan fingerprint density at radius 3 is 3.00 bits per heavy atom. The van der Waals surface area contributed by atoms with Crippen LogP contribution in [0.15, 0.2) is 18.0 Å². The van der Waals surface area contributed by atoms with Crippen molar-refractivity contribution in [3.63, 3.8) is 0 Å². The summed E-state index contributed by atoms with van der Waals surface area (Å²) >= 11 is 0. The van der Waals surface area contributed by atoms with E-state index in [1.165, 1.54) is 12.8 Å². The minimum Gasteiger partial charge on any atom is -0.392 e. The minimum absolute atomic E-state index is 0.507. The summed E-state index contributed by atoms with van der Waals surface area (Å²) in [6.07, 6.45) is 6.23. The summed E-state index contributed by atoms with van der Waals surface area (Å²) in [5.41, 5.74) is 8.67. The zero-order chi connectivity index (χ0) is 13.4. The van der Waals surface area contributed by atoms with Gasteiger partial charge in [-0.2, -0.15) is 9.61 Å². The number of allylic oxidation sites excluding steroid dienone is 1. The van der Waals surface area contributed by atoms with E-state index in [4.69, 9.17) is 5.73 Å². The van der Waals surface area contributed by atoms with Crippen molar-refractivity contribution in [2.75, 3.05) is 18.1 Å². The zero-order valence-electron chi connectivity index (χ0n) is 11.1. The van der Waals surface area contributed by atoms with Crippen LogP contribution >= 0.6 is 0 Å². The Balaban J connectivity index is 2.08. The molecule has 2 aromatic heterocycles. The molecule has 0 bridgehead atoms. The van der Waals surface area contributed by atoms with Crippen molar-refractivity contribution in [2.45, 2.75) is 25.8 Å². The third-order valence-corrected chi connectivity index (χ3v) is 3.21. The summed E-state index contributed by atoms with van der Waals surface area (Å²) in [5, 5.41) is 10.9. The number of nitrogens with one attached hydrogen (secondary N) is 2. The zero-order valence-corrected chi connectivity index (χ0v) is 11.1. The Labute approximate surface area is 111 Å². The van der Waals surface area contributed by atoms with Gasteiger partial charge in [0.1, 0.15) is 11.6 Å². The summed E-state index contributed by atoms with van der Waals surface area (Å²) in [7, 11) is 1.89. The molecular weight excluding hydrogens is 240 g/mol. The summed E-state index contributed by atoms with van der Waals surface area (Å²) < 4.78 is 1.81. The second-order valence-corrected chi connectivity index (χ2v) is 4.90. The summed E-state index contributed by atoms with van der Waals surface area (Å²) in [4.78, 5) is 4.38. The van der Waals surface area contributed by atoms with Gasteiger partial charge in [-0.3, -0.25) is 0 Å². The van der Waals surface area contributed by atoms with Crippen molar-refractivity contribution in [3.05, 3.63) is 23.5 Å². The lowest BCUT2D eigenvalue weighted by molar-refractivity contribution is 0.926. The number of nitrogens with two attached hydrogens (primary N) is 1. The van der Waals surface area contributed by atoms with E-state index in [1.54, 1.807) is 6.20 Å². The van der Waals surface area contributed by atoms with Gasteiger partial charge in [0.25, 0.3) is 0 Å². The van der Waals surface area contributed by atoms with Crippen LogP contribution in [0.1, 0.15) is 25.3 Å². The van der Waals surface area contributed by atoms with Gasteiger partial charge in [-0.1, -0.05) is 0 Å². The highest BCUT2D eigenvalue weighted by Gasteiger charge is 2.22. The Morgan fingerprint density at radius 1 is 1.53 bits per heavy atom. The smallest absolute Gasteiger partial charge is 0.166 e. The average molecular weight is 258 g/mol. The first-order valence-corrected chi connectivity index (χ1v) is 6.44. The maximum absolute atomic E-state index is 5.88. The Hall–Kier alpha value is -2.24. The molecule has 1 saturated carbocycles. The lowest BCUT2D eigenvalue weighted by Gasteiger charge is -2.08. The van der Waals surface area contributed by atoms with E-state index in [0.717, 1.165) is 22.7 Å². The van der Waals surface area contributed by atoms with Crippen LogP contribution in [0.5, 0.6) is 0 Å². The second-order valence-electron chi connectivity index (χ2n) is 4.90. The molecule has 4 N–H and O–H groups in total. The lowest BCUT2D eigenvalue weighted by atomic mass is 10.3. The molecule has 0 unspecified atom stereocenters. The van der Waals surface area contributed by atoms with Crippen LogP contribution in [-0.2, 0) is 0 Å². The van der Waals surface area contributed by atoms with Crippen LogP contribution in [-0.4, -0.2) is 27.7 Å². The van der Waals surface area contributed by atoms with E-state index in [-0.39, 0.29) is 0 Å². The maximum atomic E-state index is 5.88. The average Bonchev–Trinajstić information content (AvgIpc) is 3.11. The lowest BCUT2D eigenvalue weighted by Crippen LogP contribution is -2.09. The molecule has 2 aromatic rings. The third kappa shape index (κ3) is 2.33. The van der Waals surface area contributed by atoms with Gasteiger partial charge < -0.3 is 16.4 Å². The van der Waals surface area contributed by atoms with E-state index >= 15 is 0 Å². The molecule has 0 atom stereocenters. The molecule has 1 aliphatic rings. The number of fused-ring (bicyclic) bond motifs is 1. The highest BCUT2D eigenvalue weighted by Crippen LogP contribution is 2.26. The minimum atomic E-state index is 0.507. The molecular formula is C13H18N6. The molecule has 100 valence electrons. The number of aromatic nitrogens is 3. The van der Waals surface area contributed by atoms with Gasteiger partial charge in [-0.15, -0.1) is 0 Å². The van der Waals surface area contributed by atoms with Gasteiger partial charge in [-0.25, -0.2) is 4.98 Å². The Bertz CT molecular complexity index is 638. The molecule has 3 rings (SSSR count). The first kappa shape index (κ1) is 11.8. The summed E-state index contributed by atoms with van der Waals surface area (Å²) in [5.74, 6) is 1.42. The van der Waals surface area contributed by atoms with Crippen molar-refractivity contribution >= 4 is 23.4 Å². The predicted molar refractivity (Wildman–Crippen MR) is 76.8 cm³/mol. The van der Waals surface area contributed by atoms with Gasteiger partial charge in [0.15, 0.2) is 5.65 Å². The van der Waals surface area contributed by atoms with Crippen LogP contribution < -0.4 is 16.4 Å². The van der Waals surface area contributed by atoms with E-state index in [0.29, 0.717) is 11.9 Å². The number of rotatable bonds is 4. The number of anilines is 2. The predicted octanol–water partition coefficient (Wildman–Crippen LogP) is 1.47. The number of hydrogen-bond acceptors (Lipinski definition) is 5. The molecule has 0 aliphatic heterocycles. The van der Waals surface area contributed by atoms with E-state index < -0.39 is 0 Å². The maximum Gasteiger partial charge on any atom is 0.166 e. The standard InChI is InChI=1S/C13H18N6/c1-8(15-2)5-9-7-16-19-12(17-10-3-4-10)6-11(14)18-13(9)19/h5-7,10,15,17H,3-4H2,1-2H3,(H2,14,18)/b8-5-. The van der Waals surface area contributed by atoms with Crippen LogP contribution in [0.2, 0.25) is 0 Å². The molecule has 0 saturated heterocycles. The summed E-state index contributed by atoms with van der Waals surface area (Å²) in [6, 6.07) is 2.38. The highest BCUT2D eigenvalue weighted by atomic mass is 15.3. The molecule has 0 amide bonds. The Kier molecular flexibility index (Phi) is 2.77. The van der Waals surface area contributed by atoms with Crippen LogP contribution in [0.25, 0.3) is 11.7 Å². The molecule has 6 nitrogen and oxygen atoms in total. The number of nitrogen functional groups attached to an aromatic ring is 1. The van der Waals surface area contributed by atoms with Crippen LogP contribution in [0.4, 0.5) is 11.6 Å². The number of nitrogens with zero attached hydrogens (tertiary/aromatic N) is 3. The van der Waals surface area contributed by atoms with Gasteiger partial charge >= 0.3 is 0 Å². The van der Waals surface area contributed by atoms with Crippen molar-refractivity contribution in [3.8, 4) is 0 Å². The molecule has 0 aromatic carbocycles. The molecule has 1 aliphatic carbocycles. The van der Waals surface area contributed by atoms with Crippen molar-refractivity contribution in [1.82, 2.24) is 19.9 Å². The van der Waals surface area contributed by atoms with Crippen LogP contribution in [0, 0.1) is 0 Å². The van der Waals surface area contributed by atoms with Gasteiger partial charge in [0, 0.05) is 30.4 Å². The second kappa shape index (κ2) is 4.46. The number of hydrogen-bond donors (Lipinski definition) is 3. The van der Waals surface area contributed by atoms with Crippen molar-refractivity contribution in [1.29, 1.82) is 0 Å². The van der Waals surface area contributed by atoms with Gasteiger partial charge in [0.2, 0.25) is 0 Å². The molecule has 1 fully saturated rings. The SMILES string of the molecule is CN/C(C)=C\c1cnn2c(NC3CC3)cc(N)nc12. The quantitative estimate of drug-likeness (QED) is 0.773. The first-order chi connectivity index (χ1) is 9.17. The first-order valence-electron chi connectivity index (χ1n) is 6.44. The van der Waals surface area contributed by atoms with E-state index in [9.17, 15) is 0 Å². The molecule has 0 radical (unpaired) electrons.